The van der Waals surface area contributed by atoms with Gasteiger partial charge in [-0.3, -0.25) is 0 Å². The molecule has 0 aliphatic heterocycles. The zero-order valence-electron chi connectivity index (χ0n) is 12.8. The normalized spacial score (nSPS) is 23.9. The lowest BCUT2D eigenvalue weighted by atomic mass is 9.64. The van der Waals surface area contributed by atoms with Crippen LogP contribution in [0.4, 0.5) is 11.4 Å². The fourth-order valence-corrected chi connectivity index (χ4v) is 2.74. The van der Waals surface area contributed by atoms with Crippen LogP contribution >= 0.6 is 0 Å². The number of nitrogens with two attached hydrogens (primary N) is 1. The summed E-state index contributed by atoms with van der Waals surface area (Å²) in [6, 6.07) is 3.98. The van der Waals surface area contributed by atoms with Crippen molar-refractivity contribution in [3.8, 4) is 11.5 Å². The van der Waals surface area contributed by atoms with E-state index in [4.69, 9.17) is 19.9 Å². The molecule has 1 aliphatic carbocycles. The molecule has 1 aromatic carbocycles. The standard InChI is InChI=1S/C15H24N2O3/c1-15(2)13(8-14(15)20-5)17-10-7-12(19-4)11(18-3)6-9(10)16/h6-7,13-14,17H,8,16H2,1-5H3. The van der Waals surface area contributed by atoms with E-state index in [0.717, 1.165) is 12.1 Å². The number of nitrogen functional groups attached to an aromatic ring is 1. The number of ether oxygens (including phenoxy) is 3. The number of rotatable bonds is 5. The SMILES string of the molecule is COc1cc(N)c(NC2CC(OC)C2(C)C)cc1OC. The smallest absolute Gasteiger partial charge is 0.162 e. The van der Waals surface area contributed by atoms with E-state index in [0.29, 0.717) is 23.2 Å². The molecule has 0 spiro atoms. The lowest BCUT2D eigenvalue weighted by molar-refractivity contribution is -0.0794. The third-order valence-electron chi connectivity index (χ3n) is 4.35. The van der Waals surface area contributed by atoms with Gasteiger partial charge in [0.25, 0.3) is 0 Å². The third kappa shape index (κ3) is 2.38. The average molecular weight is 280 g/mol. The van der Waals surface area contributed by atoms with Crippen molar-refractivity contribution in [2.24, 2.45) is 5.41 Å². The van der Waals surface area contributed by atoms with E-state index in [-0.39, 0.29) is 11.5 Å². The lowest BCUT2D eigenvalue weighted by Crippen LogP contribution is -2.57. The van der Waals surface area contributed by atoms with Crippen molar-refractivity contribution >= 4 is 11.4 Å². The van der Waals surface area contributed by atoms with Crippen molar-refractivity contribution in [2.45, 2.75) is 32.4 Å². The van der Waals surface area contributed by atoms with E-state index in [9.17, 15) is 0 Å². The summed E-state index contributed by atoms with van der Waals surface area (Å²) in [4.78, 5) is 0. The highest BCUT2D eigenvalue weighted by atomic mass is 16.5. The Labute approximate surface area is 120 Å². The second kappa shape index (κ2) is 5.40. The molecule has 0 amide bonds. The minimum absolute atomic E-state index is 0.0777. The Kier molecular flexibility index (Phi) is 3.99. The molecule has 0 radical (unpaired) electrons. The Morgan fingerprint density at radius 3 is 2.25 bits per heavy atom. The number of benzene rings is 1. The van der Waals surface area contributed by atoms with Gasteiger partial charge in [-0.15, -0.1) is 0 Å². The molecule has 1 aromatic rings. The Morgan fingerprint density at radius 1 is 1.15 bits per heavy atom. The molecular weight excluding hydrogens is 256 g/mol. The highest BCUT2D eigenvalue weighted by Crippen LogP contribution is 2.45. The van der Waals surface area contributed by atoms with Crippen molar-refractivity contribution in [3.05, 3.63) is 12.1 Å². The van der Waals surface area contributed by atoms with Crippen LogP contribution in [-0.4, -0.2) is 33.5 Å². The van der Waals surface area contributed by atoms with Crippen molar-refractivity contribution in [1.29, 1.82) is 0 Å². The van der Waals surface area contributed by atoms with E-state index in [1.807, 2.05) is 6.07 Å². The molecule has 0 heterocycles. The quantitative estimate of drug-likeness (QED) is 0.811. The first-order chi connectivity index (χ1) is 9.43. The Balaban J connectivity index is 2.19. The molecule has 2 rings (SSSR count). The van der Waals surface area contributed by atoms with Crippen LogP contribution in [0.5, 0.6) is 11.5 Å². The van der Waals surface area contributed by atoms with Gasteiger partial charge < -0.3 is 25.3 Å². The first kappa shape index (κ1) is 14.8. The Hall–Kier alpha value is -1.62. The molecule has 0 bridgehead atoms. The molecule has 1 fully saturated rings. The van der Waals surface area contributed by atoms with Crippen molar-refractivity contribution in [3.63, 3.8) is 0 Å². The molecule has 2 unspecified atom stereocenters. The number of nitrogens with one attached hydrogen (secondary N) is 1. The summed E-state index contributed by atoms with van der Waals surface area (Å²) in [7, 11) is 4.97. The van der Waals surface area contributed by atoms with Gasteiger partial charge in [0.2, 0.25) is 0 Å². The van der Waals surface area contributed by atoms with Gasteiger partial charge in [-0.1, -0.05) is 13.8 Å². The zero-order chi connectivity index (χ0) is 14.9. The topological polar surface area (TPSA) is 65.7 Å². The van der Waals surface area contributed by atoms with Gasteiger partial charge in [-0.05, 0) is 6.42 Å². The van der Waals surface area contributed by atoms with Crippen LogP contribution in [-0.2, 0) is 4.74 Å². The van der Waals surface area contributed by atoms with Crippen molar-refractivity contribution < 1.29 is 14.2 Å². The molecular formula is C15H24N2O3. The molecule has 2 atom stereocenters. The first-order valence-corrected chi connectivity index (χ1v) is 6.74. The Morgan fingerprint density at radius 2 is 1.75 bits per heavy atom. The first-order valence-electron chi connectivity index (χ1n) is 6.74. The summed E-state index contributed by atoms with van der Waals surface area (Å²) in [5.41, 5.74) is 7.67. The Bertz CT molecular complexity index is 488. The van der Waals surface area contributed by atoms with E-state index >= 15 is 0 Å². The van der Waals surface area contributed by atoms with Crippen LogP contribution in [0.1, 0.15) is 20.3 Å². The largest absolute Gasteiger partial charge is 0.493 e. The van der Waals surface area contributed by atoms with Crippen LogP contribution in [0.15, 0.2) is 12.1 Å². The van der Waals surface area contributed by atoms with Gasteiger partial charge >= 0.3 is 0 Å². The van der Waals surface area contributed by atoms with E-state index in [2.05, 4.69) is 19.2 Å². The van der Waals surface area contributed by atoms with Crippen molar-refractivity contribution in [1.82, 2.24) is 0 Å². The molecule has 5 nitrogen and oxygen atoms in total. The lowest BCUT2D eigenvalue weighted by Gasteiger charge is -2.51. The van der Waals surface area contributed by atoms with Crippen LogP contribution < -0.4 is 20.5 Å². The molecule has 20 heavy (non-hydrogen) atoms. The fraction of sp³-hybridized carbons (Fsp3) is 0.600. The summed E-state index contributed by atoms with van der Waals surface area (Å²) < 4.78 is 16.0. The van der Waals surface area contributed by atoms with E-state index in [1.165, 1.54) is 0 Å². The zero-order valence-corrected chi connectivity index (χ0v) is 12.8. The molecule has 0 aromatic heterocycles. The summed E-state index contributed by atoms with van der Waals surface area (Å²) in [5.74, 6) is 1.31. The van der Waals surface area contributed by atoms with Gasteiger partial charge in [0, 0.05) is 30.7 Å². The second-order valence-electron chi connectivity index (χ2n) is 5.77. The monoisotopic (exact) mass is 280 g/mol. The van der Waals surface area contributed by atoms with Crippen LogP contribution in [0, 0.1) is 5.41 Å². The molecule has 0 saturated heterocycles. The minimum atomic E-state index is 0.0777. The maximum Gasteiger partial charge on any atom is 0.162 e. The highest BCUT2D eigenvalue weighted by Gasteiger charge is 2.48. The maximum absolute atomic E-state index is 6.07. The predicted octanol–water partition coefficient (Wildman–Crippen LogP) is 2.51. The van der Waals surface area contributed by atoms with Gasteiger partial charge in [0.1, 0.15) is 0 Å². The van der Waals surface area contributed by atoms with Crippen molar-refractivity contribution in [2.75, 3.05) is 32.4 Å². The summed E-state index contributed by atoms with van der Waals surface area (Å²) in [6.45, 7) is 4.39. The molecule has 112 valence electrons. The highest BCUT2D eigenvalue weighted by molar-refractivity contribution is 5.72. The van der Waals surface area contributed by atoms with Gasteiger partial charge in [0.15, 0.2) is 11.5 Å². The summed E-state index contributed by atoms with van der Waals surface area (Å²) in [6.07, 6.45) is 1.25. The molecule has 1 aliphatic rings. The molecule has 1 saturated carbocycles. The van der Waals surface area contributed by atoms with Crippen LogP contribution in [0.3, 0.4) is 0 Å². The average Bonchev–Trinajstić information content (AvgIpc) is 2.43. The van der Waals surface area contributed by atoms with E-state index < -0.39 is 0 Å². The van der Waals surface area contributed by atoms with Gasteiger partial charge in [-0.25, -0.2) is 0 Å². The maximum atomic E-state index is 6.07. The van der Waals surface area contributed by atoms with Gasteiger partial charge in [0.05, 0.1) is 31.7 Å². The number of hydrogen-bond acceptors (Lipinski definition) is 5. The van der Waals surface area contributed by atoms with Gasteiger partial charge in [-0.2, -0.15) is 0 Å². The summed E-state index contributed by atoms with van der Waals surface area (Å²) >= 11 is 0. The predicted molar refractivity (Wildman–Crippen MR) is 80.6 cm³/mol. The van der Waals surface area contributed by atoms with Crippen LogP contribution in [0.25, 0.3) is 0 Å². The van der Waals surface area contributed by atoms with E-state index in [1.54, 1.807) is 27.4 Å². The summed E-state index contributed by atoms with van der Waals surface area (Å²) in [5, 5.41) is 3.49. The fourth-order valence-electron chi connectivity index (χ4n) is 2.74. The molecule has 5 heteroatoms. The molecule has 3 N–H and O–H groups in total. The number of hydrogen-bond donors (Lipinski definition) is 2. The third-order valence-corrected chi connectivity index (χ3v) is 4.35. The second-order valence-corrected chi connectivity index (χ2v) is 5.77. The van der Waals surface area contributed by atoms with Crippen LogP contribution in [0.2, 0.25) is 0 Å². The number of methoxy groups -OCH3 is 3. The number of anilines is 2. The minimum Gasteiger partial charge on any atom is -0.493 e.